The number of halogens is 3. The fourth-order valence-electron chi connectivity index (χ4n) is 3.37. The molecular weight excluding hydrogens is 477 g/mol. The van der Waals surface area contributed by atoms with Gasteiger partial charge in [0.25, 0.3) is 5.91 Å². The van der Waals surface area contributed by atoms with Crippen molar-refractivity contribution in [3.63, 3.8) is 0 Å². The third-order valence-corrected chi connectivity index (χ3v) is 4.99. The zero-order chi connectivity index (χ0) is 26.5. The number of rotatable bonds is 4. The molecule has 0 fully saturated rings. The third kappa shape index (κ3) is 6.81. The molecule has 188 valence electrons. The first-order valence-corrected chi connectivity index (χ1v) is 10.8. The Morgan fingerprint density at radius 3 is 2.33 bits per heavy atom. The number of fused-ring (bicyclic) bond motifs is 1. The van der Waals surface area contributed by atoms with Crippen LogP contribution in [0.15, 0.2) is 60.3 Å². The normalized spacial score (nSPS) is 12.4. The van der Waals surface area contributed by atoms with E-state index in [0.29, 0.717) is 12.1 Å². The van der Waals surface area contributed by atoms with Gasteiger partial charge in [0, 0.05) is 53.4 Å². The zero-order valence-electron chi connectivity index (χ0n) is 19.4. The molecule has 11 heteroatoms. The summed E-state index contributed by atoms with van der Waals surface area (Å²) in [5.41, 5.74) is 7.00. The Labute approximate surface area is 204 Å². The van der Waals surface area contributed by atoms with Crippen molar-refractivity contribution in [2.24, 2.45) is 0 Å². The van der Waals surface area contributed by atoms with Gasteiger partial charge in [0.15, 0.2) is 0 Å². The highest BCUT2D eigenvalue weighted by Gasteiger charge is 2.38. The van der Waals surface area contributed by atoms with E-state index in [2.05, 4.69) is 20.6 Å². The number of carbonyl (C=O) groups is 3. The summed E-state index contributed by atoms with van der Waals surface area (Å²) in [5, 5.41) is 12.8. The Bertz CT molecular complexity index is 1310. The van der Waals surface area contributed by atoms with Gasteiger partial charge < -0.3 is 20.7 Å². The van der Waals surface area contributed by atoms with Gasteiger partial charge in [-0.05, 0) is 44.2 Å². The highest BCUT2D eigenvalue weighted by atomic mass is 19.4. The quantitative estimate of drug-likeness (QED) is 0.391. The average Bonchev–Trinajstić information content (AvgIpc) is 3.25. The van der Waals surface area contributed by atoms with Gasteiger partial charge in [0.1, 0.15) is 0 Å². The Hall–Kier alpha value is -4.41. The molecule has 0 spiro atoms. The highest BCUT2D eigenvalue weighted by Crippen LogP contribution is 2.27. The first kappa shape index (κ1) is 26.2. The van der Waals surface area contributed by atoms with E-state index in [0.717, 1.165) is 45.9 Å². The fourth-order valence-corrected chi connectivity index (χ4v) is 3.37. The molecule has 0 bridgehead atoms. The lowest BCUT2D eigenvalue weighted by molar-refractivity contribution is -0.192. The third-order valence-electron chi connectivity index (χ3n) is 4.99. The molecule has 0 unspecified atom stereocenters. The van der Waals surface area contributed by atoms with Crippen LogP contribution >= 0.6 is 0 Å². The number of hydrogen-bond acceptors (Lipinski definition) is 4. The maximum absolute atomic E-state index is 12.0. The molecule has 4 rings (SSSR count). The van der Waals surface area contributed by atoms with Crippen molar-refractivity contribution in [2.75, 3.05) is 11.9 Å². The van der Waals surface area contributed by atoms with Crippen LogP contribution in [-0.4, -0.2) is 45.6 Å². The fraction of sp³-hybridized carbons (Fsp3) is 0.200. The van der Waals surface area contributed by atoms with Crippen LogP contribution in [0.2, 0.25) is 0 Å². The first-order valence-electron chi connectivity index (χ1n) is 10.8. The van der Waals surface area contributed by atoms with E-state index in [4.69, 9.17) is 9.90 Å². The second-order valence-electron chi connectivity index (χ2n) is 8.10. The number of hydrogen-bond donors (Lipinski definition) is 4. The van der Waals surface area contributed by atoms with E-state index in [9.17, 15) is 22.8 Å². The predicted octanol–water partition coefficient (Wildman–Crippen LogP) is 4.57. The number of nitrogens with zero attached hydrogens (tertiary/aromatic N) is 1. The van der Waals surface area contributed by atoms with Gasteiger partial charge >= 0.3 is 12.1 Å². The van der Waals surface area contributed by atoms with Crippen LogP contribution in [0.25, 0.3) is 22.5 Å². The lowest BCUT2D eigenvalue weighted by atomic mass is 10.1. The van der Waals surface area contributed by atoms with E-state index in [1.54, 1.807) is 12.3 Å². The molecule has 3 heterocycles. The number of H-pyrrole nitrogens is 1. The standard InChI is InChI=1S/C23H22N4O2.C2HF3O2/c1-14(2)11-22(28)26-17-5-3-15(4-6-17)20-12-16(7-9-24-20)21-13-18-19(27-21)8-10-25-23(18)29;3-2(4,5)1(6)7/h3-7,9,11-13,27H,8,10H2,1-2H3,(H,25,29)(H,26,28);(H,6,7). The summed E-state index contributed by atoms with van der Waals surface area (Å²) in [6.07, 6.45) is -0.955. The second kappa shape index (κ2) is 10.9. The van der Waals surface area contributed by atoms with Crippen LogP contribution < -0.4 is 10.6 Å². The number of pyridine rings is 1. The number of aromatic nitrogens is 2. The molecule has 0 saturated carbocycles. The summed E-state index contributed by atoms with van der Waals surface area (Å²) < 4.78 is 31.7. The zero-order valence-corrected chi connectivity index (χ0v) is 19.4. The number of amides is 2. The number of carboxylic acids is 1. The van der Waals surface area contributed by atoms with Gasteiger partial charge in [-0.1, -0.05) is 17.7 Å². The minimum atomic E-state index is -5.08. The number of carbonyl (C=O) groups excluding carboxylic acids is 2. The summed E-state index contributed by atoms with van der Waals surface area (Å²) in [6, 6.07) is 13.4. The van der Waals surface area contributed by atoms with Gasteiger partial charge in [-0.2, -0.15) is 13.2 Å². The molecule has 8 nitrogen and oxygen atoms in total. The minimum Gasteiger partial charge on any atom is -0.475 e. The summed E-state index contributed by atoms with van der Waals surface area (Å²) in [5.74, 6) is -2.93. The monoisotopic (exact) mass is 500 g/mol. The number of alkyl halides is 3. The smallest absolute Gasteiger partial charge is 0.475 e. The minimum absolute atomic E-state index is 0.0335. The Morgan fingerprint density at radius 1 is 1.08 bits per heavy atom. The maximum atomic E-state index is 12.0. The van der Waals surface area contributed by atoms with E-state index >= 15 is 0 Å². The summed E-state index contributed by atoms with van der Waals surface area (Å²) >= 11 is 0. The van der Waals surface area contributed by atoms with Gasteiger partial charge in [0.2, 0.25) is 5.91 Å². The number of allylic oxidation sites excluding steroid dienone is 1. The van der Waals surface area contributed by atoms with E-state index in [1.165, 1.54) is 0 Å². The molecule has 3 aromatic rings. The number of anilines is 1. The molecule has 0 aliphatic carbocycles. The lowest BCUT2D eigenvalue weighted by Crippen LogP contribution is -2.31. The van der Waals surface area contributed by atoms with Crippen LogP contribution in [0, 0.1) is 0 Å². The Balaban J connectivity index is 0.000000454. The van der Waals surface area contributed by atoms with Crippen molar-refractivity contribution in [1.29, 1.82) is 0 Å². The molecular formula is C25H23F3N4O4. The SMILES string of the molecule is CC(C)=CC(=O)Nc1ccc(-c2cc(-c3cc4c([nH]3)CCNC4=O)ccn2)cc1.O=C(O)C(F)(F)F. The second-order valence-corrected chi connectivity index (χ2v) is 8.10. The van der Waals surface area contributed by atoms with Crippen LogP contribution in [0.4, 0.5) is 18.9 Å². The van der Waals surface area contributed by atoms with Gasteiger partial charge in [-0.15, -0.1) is 0 Å². The van der Waals surface area contributed by atoms with Crippen molar-refractivity contribution >= 4 is 23.5 Å². The molecule has 0 saturated heterocycles. The summed E-state index contributed by atoms with van der Waals surface area (Å²) in [7, 11) is 0. The molecule has 4 N–H and O–H groups in total. The number of aliphatic carboxylic acids is 1. The Kier molecular flexibility index (Phi) is 7.93. The van der Waals surface area contributed by atoms with Gasteiger partial charge in [-0.3, -0.25) is 14.6 Å². The Morgan fingerprint density at radius 2 is 1.75 bits per heavy atom. The number of carboxylic acid groups (broad SMARTS) is 1. The number of nitrogens with one attached hydrogen (secondary N) is 3. The van der Waals surface area contributed by atoms with Crippen LogP contribution in [0.3, 0.4) is 0 Å². The van der Waals surface area contributed by atoms with Crippen molar-refractivity contribution < 1.29 is 32.7 Å². The van der Waals surface area contributed by atoms with Crippen LogP contribution in [0.1, 0.15) is 29.9 Å². The summed E-state index contributed by atoms with van der Waals surface area (Å²) in [4.78, 5) is 40.6. The predicted molar refractivity (Wildman–Crippen MR) is 127 cm³/mol. The topological polar surface area (TPSA) is 124 Å². The molecule has 1 aliphatic rings. The first-order chi connectivity index (χ1) is 16.9. The van der Waals surface area contributed by atoms with Crippen LogP contribution in [-0.2, 0) is 16.0 Å². The van der Waals surface area contributed by atoms with Crippen molar-refractivity contribution in [1.82, 2.24) is 15.3 Å². The van der Waals surface area contributed by atoms with E-state index in [1.807, 2.05) is 56.3 Å². The lowest BCUT2D eigenvalue weighted by Gasteiger charge is -2.11. The number of aromatic amines is 1. The largest absolute Gasteiger partial charge is 0.490 e. The van der Waals surface area contributed by atoms with E-state index in [-0.39, 0.29) is 11.8 Å². The molecule has 0 radical (unpaired) electrons. The van der Waals surface area contributed by atoms with Gasteiger partial charge in [-0.25, -0.2) is 4.79 Å². The molecule has 2 amide bonds. The molecule has 36 heavy (non-hydrogen) atoms. The summed E-state index contributed by atoms with van der Waals surface area (Å²) in [6.45, 7) is 4.42. The maximum Gasteiger partial charge on any atom is 0.490 e. The number of benzene rings is 1. The molecule has 0 atom stereocenters. The highest BCUT2D eigenvalue weighted by molar-refractivity contribution is 6.00. The van der Waals surface area contributed by atoms with Crippen LogP contribution in [0.5, 0.6) is 0 Å². The van der Waals surface area contributed by atoms with Crippen molar-refractivity contribution in [3.8, 4) is 22.5 Å². The average molecular weight is 500 g/mol. The molecule has 2 aromatic heterocycles. The van der Waals surface area contributed by atoms with E-state index < -0.39 is 12.1 Å². The molecule has 1 aromatic carbocycles. The molecule has 1 aliphatic heterocycles. The van der Waals surface area contributed by atoms with Crippen molar-refractivity contribution in [2.45, 2.75) is 26.4 Å². The van der Waals surface area contributed by atoms with Crippen molar-refractivity contribution in [3.05, 3.63) is 71.6 Å². The van der Waals surface area contributed by atoms with Gasteiger partial charge in [0.05, 0.1) is 11.3 Å².